The highest BCUT2D eigenvalue weighted by atomic mass is 16.6. The van der Waals surface area contributed by atoms with E-state index in [-0.39, 0.29) is 68.0 Å². The van der Waals surface area contributed by atoms with Crippen LogP contribution in [0.5, 0.6) is 0 Å². The topological polar surface area (TPSA) is 207 Å². The molecule has 2 heterocycles. The molecule has 4 fully saturated rings. The Balaban J connectivity index is 1.24. The number of nitrogens with zero attached hydrogens (tertiary/aromatic N) is 1. The third-order valence-electron chi connectivity index (χ3n) is 14.2. The van der Waals surface area contributed by atoms with Gasteiger partial charge in [-0.05, 0) is 60.7 Å². The minimum atomic E-state index is -2.26. The average molecular weight is 867 g/mol. The van der Waals surface area contributed by atoms with Gasteiger partial charge in [0.05, 0.1) is 37.5 Å². The minimum Gasteiger partial charge on any atom is -0.456 e. The maximum absolute atomic E-state index is 15.6. The number of ketones is 1. The second-order valence-electron chi connectivity index (χ2n) is 18.1. The first-order valence-corrected chi connectivity index (χ1v) is 21.4. The molecule has 2 amide bonds. The lowest BCUT2D eigenvalue weighted by Crippen LogP contribution is -2.78. The van der Waals surface area contributed by atoms with Crippen LogP contribution in [0.3, 0.4) is 0 Å². The van der Waals surface area contributed by atoms with Crippen LogP contribution in [0.2, 0.25) is 0 Å². The number of nitrogens with one attached hydrogen (secondary N) is 1. The Bertz CT molecular complexity index is 2260. The fraction of sp³-hybridized carbons (Fsp3) is 0.479. The number of rotatable bonds is 9. The maximum Gasteiger partial charge on any atom is 0.410 e. The first-order valence-electron chi connectivity index (χ1n) is 21.4. The SMILES string of the molecule is CC1=C2C(OC(=O)N3CCOCC3)C(=O)[C@]3(C)CCC4OCC4(O)C3C(OC(=O)c3ccccc3)C(O)(CC1OC(=O)C(O)C(NC(=O)c1ccccc1)c1ccccc1)C2(C)C. The molecule has 15 nitrogen and oxygen atoms in total. The van der Waals surface area contributed by atoms with Gasteiger partial charge in [-0.25, -0.2) is 14.4 Å². The standard InChI is InChI=1S/C48H54N2O13/c1-28-32(61-43(55)36(51)35(29-14-8-5-9-15-29)49-41(53)30-16-10-6-11-17-30)26-48(58)40(63-42(54)31-18-12-7-13-19-31)38-46(4,21-20-33-47(38,57)27-60-33)39(52)37(34(28)45(48,2)3)62-44(56)50-22-24-59-25-23-50/h5-19,32-33,35-38,40,51,57-58H,20-27H2,1-4H3,(H,49,53)/t32?,33?,35?,36?,37?,38?,40?,46-,47?,48?/m1/s1. The van der Waals surface area contributed by atoms with Crippen LogP contribution in [0.15, 0.2) is 102 Å². The first-order chi connectivity index (χ1) is 30.0. The molecule has 15 heteroatoms. The van der Waals surface area contributed by atoms with Crippen LogP contribution in [0.1, 0.15) is 79.3 Å². The summed E-state index contributed by atoms with van der Waals surface area (Å²) in [5.74, 6) is -4.50. The highest BCUT2D eigenvalue weighted by molar-refractivity contribution is 5.96. The molecule has 2 aliphatic heterocycles. The molecule has 4 N–H and O–H groups in total. The highest BCUT2D eigenvalue weighted by Crippen LogP contribution is 2.63. The Morgan fingerprint density at radius 3 is 2.05 bits per heavy atom. The van der Waals surface area contributed by atoms with Crippen molar-refractivity contribution in [1.82, 2.24) is 10.2 Å². The van der Waals surface area contributed by atoms with Crippen molar-refractivity contribution in [1.29, 1.82) is 0 Å². The van der Waals surface area contributed by atoms with E-state index >= 15 is 4.79 Å². The van der Waals surface area contributed by atoms with E-state index in [2.05, 4.69) is 5.32 Å². The molecule has 0 radical (unpaired) electrons. The lowest BCUT2D eigenvalue weighted by Gasteiger charge is -2.66. The molecule has 2 bridgehead atoms. The summed E-state index contributed by atoms with van der Waals surface area (Å²) in [7, 11) is 0. The summed E-state index contributed by atoms with van der Waals surface area (Å²) in [4.78, 5) is 73.2. The van der Waals surface area contributed by atoms with Crippen LogP contribution in [-0.4, -0.2) is 125 Å². The number of carbonyl (C=O) groups is 5. The smallest absolute Gasteiger partial charge is 0.410 e. The van der Waals surface area contributed by atoms with Gasteiger partial charge in [-0.3, -0.25) is 9.59 Å². The Hall–Kier alpha value is -5.45. The molecule has 0 aromatic heterocycles. The van der Waals surface area contributed by atoms with Gasteiger partial charge in [0.15, 0.2) is 18.0 Å². The Kier molecular flexibility index (Phi) is 11.9. The second-order valence-corrected chi connectivity index (χ2v) is 18.1. The summed E-state index contributed by atoms with van der Waals surface area (Å²) in [6.45, 7) is 7.18. The first kappa shape index (κ1) is 44.2. The maximum atomic E-state index is 15.6. The third-order valence-corrected chi connectivity index (χ3v) is 14.2. The summed E-state index contributed by atoms with van der Waals surface area (Å²) in [5, 5.41) is 40.9. The van der Waals surface area contributed by atoms with Gasteiger partial charge in [-0.15, -0.1) is 0 Å². The van der Waals surface area contributed by atoms with Crippen LogP contribution in [-0.2, 0) is 33.3 Å². The van der Waals surface area contributed by atoms with Crippen LogP contribution in [0, 0.1) is 16.7 Å². The summed E-state index contributed by atoms with van der Waals surface area (Å²) < 4.78 is 30.2. The quantitative estimate of drug-likeness (QED) is 0.136. The summed E-state index contributed by atoms with van der Waals surface area (Å²) >= 11 is 0. The number of Topliss-reactive ketones (excluding diaryl/α,β-unsaturated/α-hetero) is 1. The van der Waals surface area contributed by atoms with Gasteiger partial charge in [0.2, 0.25) is 0 Å². The molecule has 2 saturated carbocycles. The van der Waals surface area contributed by atoms with Gasteiger partial charge in [0.1, 0.15) is 23.4 Å². The van der Waals surface area contributed by atoms with E-state index in [9.17, 15) is 34.5 Å². The lowest BCUT2D eigenvalue weighted by molar-refractivity contribution is -0.329. The predicted octanol–water partition coefficient (Wildman–Crippen LogP) is 4.10. The molecule has 10 atom stereocenters. The normalized spacial score (nSPS) is 32.0. The van der Waals surface area contributed by atoms with Crippen molar-refractivity contribution < 1.29 is 63.0 Å². The fourth-order valence-electron chi connectivity index (χ4n) is 10.6. The summed E-state index contributed by atoms with van der Waals surface area (Å²) in [5.41, 5.74) is -6.00. The summed E-state index contributed by atoms with van der Waals surface area (Å²) in [6, 6.07) is 23.5. The Morgan fingerprint density at radius 1 is 0.841 bits per heavy atom. The molecule has 5 aliphatic rings. The van der Waals surface area contributed by atoms with Crippen molar-refractivity contribution in [3.05, 3.63) is 119 Å². The number of morpholine rings is 1. The van der Waals surface area contributed by atoms with E-state index < -0.39 is 101 Å². The van der Waals surface area contributed by atoms with E-state index in [1.807, 2.05) is 0 Å². The van der Waals surface area contributed by atoms with E-state index in [1.165, 1.54) is 4.90 Å². The molecule has 3 aromatic carbocycles. The predicted molar refractivity (Wildman–Crippen MR) is 224 cm³/mol. The molecule has 334 valence electrons. The number of hydrogen-bond donors (Lipinski definition) is 4. The molecule has 8 rings (SSSR count). The van der Waals surface area contributed by atoms with Gasteiger partial charge in [0.25, 0.3) is 5.91 Å². The second kappa shape index (κ2) is 16.9. The zero-order chi connectivity index (χ0) is 44.9. The van der Waals surface area contributed by atoms with E-state index in [1.54, 1.807) is 119 Å². The number of amides is 2. The van der Waals surface area contributed by atoms with E-state index in [0.717, 1.165) is 0 Å². The van der Waals surface area contributed by atoms with Gasteiger partial charge >= 0.3 is 18.0 Å². The molecule has 9 unspecified atom stereocenters. The number of aliphatic hydroxyl groups excluding tert-OH is 1. The van der Waals surface area contributed by atoms with Crippen LogP contribution in [0.25, 0.3) is 0 Å². The van der Waals surface area contributed by atoms with Gasteiger partial charge in [-0.2, -0.15) is 0 Å². The average Bonchev–Trinajstić information content (AvgIpc) is 3.28. The number of aliphatic hydroxyl groups is 3. The van der Waals surface area contributed by atoms with Crippen LogP contribution < -0.4 is 5.32 Å². The minimum absolute atomic E-state index is 0.117. The van der Waals surface area contributed by atoms with Crippen molar-refractivity contribution in [2.24, 2.45) is 16.7 Å². The van der Waals surface area contributed by atoms with Crippen molar-refractivity contribution in [3.8, 4) is 0 Å². The monoisotopic (exact) mass is 866 g/mol. The van der Waals surface area contributed by atoms with Gasteiger partial charge in [0, 0.05) is 41.8 Å². The molecular formula is C48H54N2O13. The zero-order valence-electron chi connectivity index (χ0n) is 35.7. The fourth-order valence-corrected chi connectivity index (χ4v) is 10.6. The van der Waals surface area contributed by atoms with Crippen molar-refractivity contribution >= 4 is 29.7 Å². The van der Waals surface area contributed by atoms with Crippen molar-refractivity contribution in [3.63, 3.8) is 0 Å². The number of carbonyl (C=O) groups excluding carboxylic acids is 5. The Labute approximate surface area is 365 Å². The van der Waals surface area contributed by atoms with E-state index in [4.69, 9.17) is 23.7 Å². The van der Waals surface area contributed by atoms with Crippen molar-refractivity contribution in [2.75, 3.05) is 32.9 Å². The van der Waals surface area contributed by atoms with Crippen molar-refractivity contribution in [2.45, 2.75) is 94.7 Å². The van der Waals surface area contributed by atoms with Crippen LogP contribution in [0.4, 0.5) is 4.79 Å². The summed E-state index contributed by atoms with van der Waals surface area (Å²) in [6.07, 6.45) is -8.38. The molecule has 63 heavy (non-hydrogen) atoms. The Morgan fingerprint density at radius 2 is 1.44 bits per heavy atom. The molecule has 0 spiro atoms. The van der Waals surface area contributed by atoms with Gasteiger partial charge < -0.3 is 49.2 Å². The third kappa shape index (κ3) is 7.63. The molecule has 2 saturated heterocycles. The number of ether oxygens (including phenoxy) is 5. The number of hydrogen-bond acceptors (Lipinski definition) is 13. The number of esters is 2. The molecular weight excluding hydrogens is 813 g/mol. The highest BCUT2D eigenvalue weighted by Gasteiger charge is 2.75. The van der Waals surface area contributed by atoms with Gasteiger partial charge in [-0.1, -0.05) is 87.5 Å². The number of fused-ring (bicyclic) bond motifs is 5. The lowest BCUT2D eigenvalue weighted by atomic mass is 9.45. The van der Waals surface area contributed by atoms with E-state index in [0.29, 0.717) is 5.56 Å². The number of benzene rings is 3. The largest absolute Gasteiger partial charge is 0.456 e. The molecule has 3 aromatic rings. The molecule has 3 aliphatic carbocycles. The zero-order valence-corrected chi connectivity index (χ0v) is 35.7. The van der Waals surface area contributed by atoms with Crippen LogP contribution >= 0.6 is 0 Å².